The van der Waals surface area contributed by atoms with E-state index in [0.29, 0.717) is 18.0 Å². The van der Waals surface area contributed by atoms with Crippen molar-refractivity contribution in [3.63, 3.8) is 0 Å². The molecule has 1 saturated carbocycles. The van der Waals surface area contributed by atoms with Crippen LogP contribution in [0, 0.1) is 0 Å². The Balaban J connectivity index is 1.96. The van der Waals surface area contributed by atoms with Gasteiger partial charge in [-0.1, -0.05) is 0 Å². The van der Waals surface area contributed by atoms with Crippen LogP contribution in [0.25, 0.3) is 0 Å². The van der Waals surface area contributed by atoms with Crippen molar-refractivity contribution in [3.05, 3.63) is 16.7 Å². The molecule has 1 aromatic rings. The Hall–Kier alpha value is -1.56. The quantitative estimate of drug-likeness (QED) is 0.793. The molecule has 0 amide bonds. The summed E-state index contributed by atoms with van der Waals surface area (Å²) in [5, 5.41) is 3.19. The van der Waals surface area contributed by atoms with Gasteiger partial charge in [0.25, 0.3) is 5.56 Å². The fourth-order valence-corrected chi connectivity index (χ4v) is 1.93. The molecular weight excluding hydrogens is 222 g/mol. The normalized spacial score (nSPS) is 22.9. The van der Waals surface area contributed by atoms with Gasteiger partial charge in [-0.15, -0.1) is 0 Å². The van der Waals surface area contributed by atoms with Gasteiger partial charge in [-0.05, 0) is 19.8 Å². The van der Waals surface area contributed by atoms with E-state index in [9.17, 15) is 4.79 Å². The molecule has 1 heterocycles. The zero-order valence-corrected chi connectivity index (χ0v) is 10.0. The predicted molar refractivity (Wildman–Crippen MR) is 63.5 cm³/mol. The average Bonchev–Trinajstić information content (AvgIpc) is 2.26. The summed E-state index contributed by atoms with van der Waals surface area (Å²) in [5.41, 5.74) is -0.273. The molecule has 2 rings (SSSR count). The molecule has 0 bridgehead atoms. The average molecular weight is 239 g/mol. The summed E-state index contributed by atoms with van der Waals surface area (Å²) in [6.45, 7) is 2.73. The minimum Gasteiger partial charge on any atom is -0.489 e. The number of nitrogens with one attached hydrogen (secondary N) is 2. The van der Waals surface area contributed by atoms with E-state index in [1.807, 2.05) is 6.92 Å². The topological polar surface area (TPSA) is 76.2 Å². The van der Waals surface area contributed by atoms with E-state index in [0.717, 1.165) is 19.4 Å². The molecule has 2 N–H and O–H groups in total. The largest absolute Gasteiger partial charge is 0.489 e. The zero-order chi connectivity index (χ0) is 12.3. The first-order valence-corrected chi connectivity index (χ1v) is 5.74. The van der Waals surface area contributed by atoms with E-state index < -0.39 is 0 Å². The number of hydrogen-bond donors (Lipinski definition) is 2. The van der Waals surface area contributed by atoms with Crippen LogP contribution in [0.2, 0.25) is 0 Å². The third-order valence-corrected chi connectivity index (χ3v) is 2.85. The van der Waals surface area contributed by atoms with Gasteiger partial charge in [-0.25, -0.2) is 4.98 Å². The molecule has 1 aliphatic carbocycles. The van der Waals surface area contributed by atoms with Gasteiger partial charge in [0.15, 0.2) is 5.82 Å². The monoisotopic (exact) mass is 239 g/mol. The standard InChI is InChI=1S/C11H17N3O3/c1-3-17-8-4-7(5-8)14-10-9(16-2)11(15)13-6-12-10/h6-8H,3-5H2,1-2H3,(H2,12,13,14,15). The lowest BCUT2D eigenvalue weighted by molar-refractivity contribution is 0.00288. The fraction of sp³-hybridized carbons (Fsp3) is 0.636. The van der Waals surface area contributed by atoms with Crippen LogP contribution in [0.5, 0.6) is 5.75 Å². The third-order valence-electron chi connectivity index (χ3n) is 2.85. The number of hydrogen-bond acceptors (Lipinski definition) is 5. The van der Waals surface area contributed by atoms with E-state index in [4.69, 9.17) is 9.47 Å². The van der Waals surface area contributed by atoms with E-state index >= 15 is 0 Å². The van der Waals surface area contributed by atoms with Crippen LogP contribution in [-0.2, 0) is 4.74 Å². The number of anilines is 1. The summed E-state index contributed by atoms with van der Waals surface area (Å²) < 4.78 is 10.5. The van der Waals surface area contributed by atoms with Gasteiger partial charge in [-0.2, -0.15) is 0 Å². The Kier molecular flexibility index (Phi) is 3.63. The molecule has 6 nitrogen and oxygen atoms in total. The summed E-state index contributed by atoms with van der Waals surface area (Å²) in [7, 11) is 1.46. The Morgan fingerprint density at radius 3 is 3.00 bits per heavy atom. The third kappa shape index (κ3) is 2.58. The molecule has 94 valence electrons. The molecule has 1 aromatic heterocycles. The fourth-order valence-electron chi connectivity index (χ4n) is 1.93. The minimum atomic E-state index is -0.273. The highest BCUT2D eigenvalue weighted by atomic mass is 16.5. The Labute approximate surface area is 99.4 Å². The summed E-state index contributed by atoms with van der Waals surface area (Å²) in [6.07, 6.45) is 3.56. The Bertz CT molecular complexity index is 426. The van der Waals surface area contributed by atoms with Crippen molar-refractivity contribution in [1.82, 2.24) is 9.97 Å². The molecule has 0 atom stereocenters. The highest BCUT2D eigenvalue weighted by Crippen LogP contribution is 2.28. The smallest absolute Gasteiger partial charge is 0.295 e. The highest BCUT2D eigenvalue weighted by Gasteiger charge is 2.30. The molecule has 0 unspecified atom stereocenters. The number of nitrogens with zero attached hydrogens (tertiary/aromatic N) is 1. The molecule has 0 aliphatic heterocycles. The molecule has 0 spiro atoms. The molecule has 6 heteroatoms. The first-order chi connectivity index (χ1) is 8.24. The van der Waals surface area contributed by atoms with E-state index in [-0.39, 0.29) is 11.3 Å². The van der Waals surface area contributed by atoms with Gasteiger partial charge in [0.05, 0.1) is 19.5 Å². The first kappa shape index (κ1) is 11.9. The number of ether oxygens (including phenoxy) is 2. The maximum Gasteiger partial charge on any atom is 0.295 e. The second-order valence-electron chi connectivity index (χ2n) is 4.00. The molecule has 0 radical (unpaired) electrons. The van der Waals surface area contributed by atoms with Crippen LogP contribution < -0.4 is 15.6 Å². The predicted octanol–water partition coefficient (Wildman–Crippen LogP) is 0.758. The highest BCUT2D eigenvalue weighted by molar-refractivity contribution is 5.49. The van der Waals surface area contributed by atoms with Gasteiger partial charge in [0, 0.05) is 12.6 Å². The summed E-state index contributed by atoms with van der Waals surface area (Å²) in [4.78, 5) is 18.0. The number of aromatic amines is 1. The van der Waals surface area contributed by atoms with Gasteiger partial charge in [0.1, 0.15) is 0 Å². The van der Waals surface area contributed by atoms with Gasteiger partial charge >= 0.3 is 0 Å². The second kappa shape index (κ2) is 5.18. The molecule has 0 aromatic carbocycles. The van der Waals surface area contributed by atoms with Gasteiger partial charge in [0.2, 0.25) is 5.75 Å². The van der Waals surface area contributed by atoms with Crippen molar-refractivity contribution >= 4 is 5.82 Å². The van der Waals surface area contributed by atoms with Crippen LogP contribution in [0.4, 0.5) is 5.82 Å². The van der Waals surface area contributed by atoms with Crippen LogP contribution in [0.1, 0.15) is 19.8 Å². The second-order valence-corrected chi connectivity index (χ2v) is 4.00. The first-order valence-electron chi connectivity index (χ1n) is 5.74. The van der Waals surface area contributed by atoms with Crippen molar-refractivity contribution in [2.45, 2.75) is 31.9 Å². The van der Waals surface area contributed by atoms with Crippen LogP contribution in [0.15, 0.2) is 11.1 Å². The minimum absolute atomic E-state index is 0.229. The van der Waals surface area contributed by atoms with E-state index in [1.54, 1.807) is 0 Å². The molecular formula is C11H17N3O3. The van der Waals surface area contributed by atoms with Gasteiger partial charge < -0.3 is 19.8 Å². The maximum absolute atomic E-state index is 11.4. The molecule has 1 fully saturated rings. The summed E-state index contributed by atoms with van der Waals surface area (Å²) in [5.74, 6) is 0.726. The van der Waals surface area contributed by atoms with E-state index in [2.05, 4.69) is 15.3 Å². The summed E-state index contributed by atoms with van der Waals surface area (Å²) in [6, 6.07) is 0.301. The molecule has 1 aliphatic rings. The molecule has 17 heavy (non-hydrogen) atoms. The van der Waals surface area contributed by atoms with Crippen molar-refractivity contribution < 1.29 is 9.47 Å². The maximum atomic E-state index is 11.4. The summed E-state index contributed by atoms with van der Waals surface area (Å²) >= 11 is 0. The SMILES string of the molecule is CCOC1CC(Nc2nc[nH]c(=O)c2OC)C1. The van der Waals surface area contributed by atoms with Crippen molar-refractivity contribution in [2.24, 2.45) is 0 Å². The number of methoxy groups -OCH3 is 1. The van der Waals surface area contributed by atoms with Crippen molar-refractivity contribution in [1.29, 1.82) is 0 Å². The number of H-pyrrole nitrogens is 1. The Morgan fingerprint density at radius 1 is 1.59 bits per heavy atom. The van der Waals surface area contributed by atoms with Crippen LogP contribution in [-0.4, -0.2) is 35.8 Å². The lowest BCUT2D eigenvalue weighted by Crippen LogP contribution is -2.41. The van der Waals surface area contributed by atoms with Crippen molar-refractivity contribution in [3.8, 4) is 5.75 Å². The van der Waals surface area contributed by atoms with Crippen molar-refractivity contribution in [2.75, 3.05) is 19.0 Å². The number of aromatic nitrogens is 2. The van der Waals surface area contributed by atoms with Crippen LogP contribution in [0.3, 0.4) is 0 Å². The lowest BCUT2D eigenvalue weighted by atomic mass is 9.89. The van der Waals surface area contributed by atoms with Gasteiger partial charge in [-0.3, -0.25) is 4.79 Å². The zero-order valence-electron chi connectivity index (χ0n) is 10.0. The van der Waals surface area contributed by atoms with Crippen LogP contribution >= 0.6 is 0 Å². The number of rotatable bonds is 5. The Morgan fingerprint density at radius 2 is 2.35 bits per heavy atom. The molecule has 0 saturated heterocycles. The van der Waals surface area contributed by atoms with E-state index in [1.165, 1.54) is 13.4 Å². The lowest BCUT2D eigenvalue weighted by Gasteiger charge is -2.35.